The first-order valence-electron chi connectivity index (χ1n) is 8.29. The van der Waals surface area contributed by atoms with Crippen LogP contribution in [0.4, 0.5) is 0 Å². The number of carbonyl (C=O) groups is 1. The fraction of sp³-hybridized carbons (Fsp3) is 0.938. The van der Waals surface area contributed by atoms with E-state index in [2.05, 4.69) is 10.2 Å². The van der Waals surface area contributed by atoms with Gasteiger partial charge in [0.25, 0.3) is 0 Å². The molecule has 4 aliphatic rings. The Morgan fingerprint density at radius 1 is 1.16 bits per heavy atom. The van der Waals surface area contributed by atoms with Gasteiger partial charge in [0.15, 0.2) is 0 Å². The van der Waals surface area contributed by atoms with Crippen LogP contribution in [0.5, 0.6) is 0 Å². The molecule has 19 heavy (non-hydrogen) atoms. The van der Waals surface area contributed by atoms with Crippen molar-refractivity contribution in [1.29, 1.82) is 0 Å². The summed E-state index contributed by atoms with van der Waals surface area (Å²) in [6, 6.07) is 0.699. The van der Waals surface area contributed by atoms with E-state index in [-0.39, 0.29) is 6.04 Å². The number of carbonyl (C=O) groups excluding carboxylic acids is 1. The largest absolute Gasteiger partial charge is 0.352 e. The highest BCUT2D eigenvalue weighted by Gasteiger charge is 2.47. The molecule has 4 fully saturated rings. The van der Waals surface area contributed by atoms with Crippen LogP contribution in [0.3, 0.4) is 0 Å². The molecular formula is C16H26N2O. The smallest absolute Gasteiger partial charge is 0.237 e. The molecule has 4 rings (SSSR count). The molecule has 0 aromatic carbocycles. The summed E-state index contributed by atoms with van der Waals surface area (Å²) in [6.07, 6.45) is 11.9. The van der Waals surface area contributed by atoms with Crippen molar-refractivity contribution in [2.75, 3.05) is 13.1 Å². The van der Waals surface area contributed by atoms with E-state index in [1.807, 2.05) is 0 Å². The standard InChI is InChI=1S/C16H26N2O/c19-15(17-13-3-4-13)14-2-1-9-18(14)11-16-7-5-12(10-16)6-8-16/h12-14H,1-11H2,(H,17,19). The monoisotopic (exact) mass is 262 g/mol. The molecule has 0 aromatic rings. The lowest BCUT2D eigenvalue weighted by molar-refractivity contribution is -0.126. The molecule has 3 heteroatoms. The Morgan fingerprint density at radius 2 is 1.95 bits per heavy atom. The molecular weight excluding hydrogens is 236 g/mol. The van der Waals surface area contributed by atoms with Crippen molar-refractivity contribution in [3.8, 4) is 0 Å². The number of rotatable bonds is 4. The maximum atomic E-state index is 12.3. The minimum absolute atomic E-state index is 0.189. The van der Waals surface area contributed by atoms with Gasteiger partial charge in [-0.2, -0.15) is 0 Å². The molecule has 3 nitrogen and oxygen atoms in total. The Bertz CT molecular complexity index is 369. The Balaban J connectivity index is 1.40. The van der Waals surface area contributed by atoms with Crippen molar-refractivity contribution in [3.05, 3.63) is 0 Å². The summed E-state index contributed by atoms with van der Waals surface area (Å²) < 4.78 is 0. The summed E-state index contributed by atoms with van der Waals surface area (Å²) in [7, 11) is 0. The van der Waals surface area contributed by atoms with Gasteiger partial charge in [0.05, 0.1) is 6.04 Å². The lowest BCUT2D eigenvalue weighted by atomic mass is 9.83. The maximum absolute atomic E-state index is 12.3. The lowest BCUT2D eigenvalue weighted by Gasteiger charge is -2.34. The van der Waals surface area contributed by atoms with Crippen molar-refractivity contribution in [2.45, 2.75) is 69.9 Å². The molecule has 1 unspecified atom stereocenters. The third-order valence-corrected chi connectivity index (χ3v) is 6.02. The van der Waals surface area contributed by atoms with Crippen LogP contribution >= 0.6 is 0 Å². The van der Waals surface area contributed by atoms with Gasteiger partial charge in [-0.25, -0.2) is 0 Å². The molecule has 0 aromatic heterocycles. The minimum Gasteiger partial charge on any atom is -0.352 e. The van der Waals surface area contributed by atoms with Crippen LogP contribution in [-0.2, 0) is 4.79 Å². The first kappa shape index (κ1) is 12.2. The second-order valence-corrected chi connectivity index (χ2v) is 7.56. The molecule has 3 saturated carbocycles. The van der Waals surface area contributed by atoms with Crippen molar-refractivity contribution < 1.29 is 4.79 Å². The highest BCUT2D eigenvalue weighted by Crippen LogP contribution is 2.54. The fourth-order valence-corrected chi connectivity index (χ4v) is 4.80. The Morgan fingerprint density at radius 3 is 2.58 bits per heavy atom. The lowest BCUT2D eigenvalue weighted by Crippen LogP contribution is -2.47. The van der Waals surface area contributed by atoms with E-state index in [0.29, 0.717) is 17.4 Å². The van der Waals surface area contributed by atoms with Crippen LogP contribution in [-0.4, -0.2) is 36.0 Å². The Kier molecular flexibility index (Phi) is 2.87. The van der Waals surface area contributed by atoms with Gasteiger partial charge in [-0.15, -0.1) is 0 Å². The van der Waals surface area contributed by atoms with Gasteiger partial charge in [0.2, 0.25) is 5.91 Å². The first-order valence-corrected chi connectivity index (χ1v) is 8.29. The summed E-state index contributed by atoms with van der Waals surface area (Å²) in [5.41, 5.74) is 0.590. The topological polar surface area (TPSA) is 32.3 Å². The van der Waals surface area contributed by atoms with E-state index >= 15 is 0 Å². The number of fused-ring (bicyclic) bond motifs is 2. The third-order valence-electron chi connectivity index (χ3n) is 6.02. The van der Waals surface area contributed by atoms with Crippen molar-refractivity contribution in [2.24, 2.45) is 11.3 Å². The number of hydrogen-bond acceptors (Lipinski definition) is 2. The van der Waals surface area contributed by atoms with Gasteiger partial charge < -0.3 is 5.32 Å². The van der Waals surface area contributed by atoms with Crippen LogP contribution in [0.2, 0.25) is 0 Å². The summed E-state index contributed by atoms with van der Waals surface area (Å²) in [4.78, 5) is 14.8. The second-order valence-electron chi connectivity index (χ2n) is 7.56. The Labute approximate surface area is 116 Å². The zero-order chi connectivity index (χ0) is 12.9. The van der Waals surface area contributed by atoms with Crippen LogP contribution in [0.25, 0.3) is 0 Å². The summed E-state index contributed by atoms with van der Waals surface area (Å²) in [5, 5.41) is 3.21. The van der Waals surface area contributed by atoms with Gasteiger partial charge in [-0.3, -0.25) is 9.69 Å². The summed E-state index contributed by atoms with van der Waals surface area (Å²) in [6.45, 7) is 2.35. The number of hydrogen-bond donors (Lipinski definition) is 1. The normalized spacial score (nSPS) is 41.9. The molecule has 1 atom stereocenters. The molecule has 2 bridgehead atoms. The molecule has 1 saturated heterocycles. The molecule has 3 aliphatic carbocycles. The first-order chi connectivity index (χ1) is 9.24. The van der Waals surface area contributed by atoms with Crippen LogP contribution in [0, 0.1) is 11.3 Å². The number of nitrogens with one attached hydrogen (secondary N) is 1. The molecule has 1 heterocycles. The summed E-state index contributed by atoms with van der Waals surface area (Å²) in [5.74, 6) is 1.34. The molecule has 1 aliphatic heterocycles. The molecule has 1 amide bonds. The predicted octanol–water partition coefficient (Wildman–Crippen LogP) is 2.31. The third kappa shape index (κ3) is 2.31. The molecule has 1 N–H and O–H groups in total. The molecule has 0 radical (unpaired) electrons. The SMILES string of the molecule is O=C(NC1CC1)C1CCCN1CC12CCC(CC1)C2. The summed E-state index contributed by atoms with van der Waals surface area (Å²) >= 11 is 0. The van der Waals surface area contributed by atoms with Gasteiger partial charge in [-0.05, 0) is 75.7 Å². The van der Waals surface area contributed by atoms with Gasteiger partial charge in [0.1, 0.15) is 0 Å². The number of likely N-dealkylation sites (tertiary alicyclic amines) is 1. The van der Waals surface area contributed by atoms with Gasteiger partial charge in [0, 0.05) is 12.6 Å². The van der Waals surface area contributed by atoms with Crippen LogP contribution in [0.15, 0.2) is 0 Å². The van der Waals surface area contributed by atoms with E-state index in [1.54, 1.807) is 0 Å². The zero-order valence-corrected chi connectivity index (χ0v) is 11.9. The van der Waals surface area contributed by atoms with Gasteiger partial charge >= 0.3 is 0 Å². The zero-order valence-electron chi connectivity index (χ0n) is 11.9. The minimum atomic E-state index is 0.189. The molecule has 106 valence electrons. The molecule has 0 spiro atoms. The second kappa shape index (κ2) is 4.47. The van der Waals surface area contributed by atoms with Crippen LogP contribution < -0.4 is 5.32 Å². The van der Waals surface area contributed by atoms with E-state index < -0.39 is 0 Å². The van der Waals surface area contributed by atoms with E-state index in [1.165, 1.54) is 57.9 Å². The average Bonchev–Trinajstić information content (AvgIpc) is 2.85. The van der Waals surface area contributed by atoms with Crippen LogP contribution in [0.1, 0.15) is 57.8 Å². The van der Waals surface area contributed by atoms with E-state index in [0.717, 1.165) is 18.9 Å². The highest BCUT2D eigenvalue weighted by atomic mass is 16.2. The fourth-order valence-electron chi connectivity index (χ4n) is 4.80. The maximum Gasteiger partial charge on any atom is 0.237 e. The Hall–Kier alpha value is -0.570. The number of nitrogens with zero attached hydrogens (tertiary/aromatic N) is 1. The highest BCUT2D eigenvalue weighted by molar-refractivity contribution is 5.82. The van der Waals surface area contributed by atoms with Gasteiger partial charge in [-0.1, -0.05) is 0 Å². The van der Waals surface area contributed by atoms with E-state index in [4.69, 9.17) is 0 Å². The van der Waals surface area contributed by atoms with Crippen molar-refractivity contribution in [1.82, 2.24) is 10.2 Å². The van der Waals surface area contributed by atoms with Crippen molar-refractivity contribution >= 4 is 5.91 Å². The van der Waals surface area contributed by atoms with E-state index in [9.17, 15) is 4.79 Å². The average molecular weight is 262 g/mol. The van der Waals surface area contributed by atoms with Crippen molar-refractivity contribution in [3.63, 3.8) is 0 Å². The number of amides is 1. The quantitative estimate of drug-likeness (QED) is 0.843. The predicted molar refractivity (Wildman–Crippen MR) is 74.8 cm³/mol.